The highest BCUT2D eigenvalue weighted by Crippen LogP contribution is 2.26. The van der Waals surface area contributed by atoms with E-state index in [1.54, 1.807) is 0 Å². The number of H-pyrrole nitrogens is 1. The van der Waals surface area contributed by atoms with E-state index in [4.69, 9.17) is 5.11 Å². The van der Waals surface area contributed by atoms with Crippen LogP contribution in [0, 0.1) is 11.6 Å². The highest BCUT2D eigenvalue weighted by molar-refractivity contribution is 5.94. The third-order valence-electron chi connectivity index (χ3n) is 2.18. The zero-order valence-corrected chi connectivity index (χ0v) is 8.00. The quantitative estimate of drug-likeness (QED) is 0.822. The van der Waals surface area contributed by atoms with Gasteiger partial charge in [-0.25, -0.2) is 13.6 Å². The van der Waals surface area contributed by atoms with Crippen LogP contribution < -0.4 is 0 Å². The molecule has 82 valence electrons. The molecule has 0 unspecified atom stereocenters. The monoisotopic (exact) mass is 223 g/mol. The Labute approximate surface area is 89.3 Å². The summed E-state index contributed by atoms with van der Waals surface area (Å²) in [6.07, 6.45) is 1.39. The maximum atomic E-state index is 13.4. The molecule has 0 spiro atoms. The molecule has 1 heterocycles. The zero-order chi connectivity index (χ0) is 11.7. The summed E-state index contributed by atoms with van der Waals surface area (Å²) in [6, 6.07) is 4.44. The molecule has 2 rings (SSSR count). The minimum atomic E-state index is -1.19. The van der Waals surface area contributed by atoms with Crippen molar-refractivity contribution in [1.82, 2.24) is 4.98 Å². The van der Waals surface area contributed by atoms with Crippen molar-refractivity contribution in [3.05, 3.63) is 47.8 Å². The summed E-state index contributed by atoms with van der Waals surface area (Å²) in [4.78, 5) is 13.3. The molecule has 0 fully saturated rings. The lowest BCUT2D eigenvalue weighted by Gasteiger charge is -2.02. The van der Waals surface area contributed by atoms with Gasteiger partial charge in [0.15, 0.2) is 0 Å². The van der Waals surface area contributed by atoms with Gasteiger partial charge in [-0.05, 0) is 18.2 Å². The molecule has 0 aliphatic heterocycles. The number of hydrogen-bond donors (Lipinski definition) is 2. The van der Waals surface area contributed by atoms with Gasteiger partial charge in [-0.15, -0.1) is 0 Å². The van der Waals surface area contributed by atoms with E-state index in [0.717, 1.165) is 6.07 Å². The lowest BCUT2D eigenvalue weighted by molar-refractivity contribution is 0.0692. The molecule has 0 radical (unpaired) electrons. The van der Waals surface area contributed by atoms with Crippen LogP contribution in [0.4, 0.5) is 8.78 Å². The molecule has 0 aliphatic rings. The van der Waals surface area contributed by atoms with E-state index in [1.807, 2.05) is 0 Å². The minimum Gasteiger partial charge on any atom is -0.477 e. The van der Waals surface area contributed by atoms with Gasteiger partial charge in [-0.2, -0.15) is 0 Å². The molecular formula is C11H7F2NO2. The molecule has 1 aromatic carbocycles. The number of aromatic carboxylic acids is 1. The predicted molar refractivity (Wildman–Crippen MR) is 53.1 cm³/mol. The summed E-state index contributed by atoms with van der Waals surface area (Å²) in [5.41, 5.74) is 0.135. The summed E-state index contributed by atoms with van der Waals surface area (Å²) in [7, 11) is 0. The lowest BCUT2D eigenvalue weighted by Crippen LogP contribution is -1.99. The molecule has 16 heavy (non-hydrogen) atoms. The largest absolute Gasteiger partial charge is 0.477 e. The van der Waals surface area contributed by atoms with Crippen LogP contribution in [0.5, 0.6) is 0 Å². The normalized spacial score (nSPS) is 10.4. The second-order valence-corrected chi connectivity index (χ2v) is 3.20. The first-order valence-corrected chi connectivity index (χ1v) is 4.45. The molecule has 0 aliphatic carbocycles. The van der Waals surface area contributed by atoms with Crippen molar-refractivity contribution in [3.63, 3.8) is 0 Å². The van der Waals surface area contributed by atoms with Crippen LogP contribution in [0.15, 0.2) is 30.5 Å². The van der Waals surface area contributed by atoms with E-state index in [2.05, 4.69) is 4.98 Å². The van der Waals surface area contributed by atoms with Gasteiger partial charge >= 0.3 is 5.97 Å². The fraction of sp³-hybridized carbons (Fsp3) is 0. The maximum absolute atomic E-state index is 13.4. The molecule has 0 amide bonds. The molecule has 2 aromatic rings. The average molecular weight is 223 g/mol. The number of hydrogen-bond acceptors (Lipinski definition) is 1. The predicted octanol–water partition coefficient (Wildman–Crippen LogP) is 2.66. The van der Waals surface area contributed by atoms with Gasteiger partial charge < -0.3 is 10.1 Å². The molecule has 0 atom stereocenters. The fourth-order valence-corrected chi connectivity index (χ4v) is 1.48. The number of benzene rings is 1. The average Bonchev–Trinajstić information content (AvgIpc) is 2.66. The molecule has 1 aromatic heterocycles. The summed E-state index contributed by atoms with van der Waals surface area (Å²) in [6.45, 7) is 0. The Bertz CT molecular complexity index is 549. The van der Waals surface area contributed by atoms with Crippen molar-refractivity contribution in [1.29, 1.82) is 0 Å². The Kier molecular flexibility index (Phi) is 2.44. The molecular weight excluding hydrogens is 216 g/mol. The van der Waals surface area contributed by atoms with Gasteiger partial charge in [0.2, 0.25) is 0 Å². The first kappa shape index (κ1) is 10.4. The van der Waals surface area contributed by atoms with Crippen LogP contribution in [0.1, 0.15) is 10.5 Å². The Morgan fingerprint density at radius 3 is 2.56 bits per heavy atom. The fourth-order valence-electron chi connectivity index (χ4n) is 1.48. The molecule has 0 saturated carbocycles. The summed E-state index contributed by atoms with van der Waals surface area (Å²) < 4.78 is 26.1. The highest BCUT2D eigenvalue weighted by atomic mass is 19.1. The number of aromatic amines is 1. The van der Waals surface area contributed by atoms with Crippen LogP contribution in [0.3, 0.4) is 0 Å². The van der Waals surface area contributed by atoms with Gasteiger partial charge in [-0.1, -0.05) is 0 Å². The van der Waals surface area contributed by atoms with Crippen molar-refractivity contribution in [3.8, 4) is 11.1 Å². The SMILES string of the molecule is O=C(O)c1[nH]ccc1-c1ccc(F)cc1F. The van der Waals surface area contributed by atoms with Gasteiger partial charge in [0.05, 0.1) is 0 Å². The van der Waals surface area contributed by atoms with Gasteiger partial charge in [-0.3, -0.25) is 0 Å². The van der Waals surface area contributed by atoms with Crippen molar-refractivity contribution in [2.75, 3.05) is 0 Å². The van der Waals surface area contributed by atoms with Gasteiger partial charge in [0, 0.05) is 23.4 Å². The van der Waals surface area contributed by atoms with Crippen molar-refractivity contribution in [2.24, 2.45) is 0 Å². The Morgan fingerprint density at radius 2 is 1.94 bits per heavy atom. The number of halogens is 2. The van der Waals surface area contributed by atoms with Crippen molar-refractivity contribution < 1.29 is 18.7 Å². The number of rotatable bonds is 2. The number of carboxylic acid groups (broad SMARTS) is 1. The van der Waals surface area contributed by atoms with E-state index in [9.17, 15) is 13.6 Å². The second-order valence-electron chi connectivity index (χ2n) is 3.20. The number of carbonyl (C=O) groups is 1. The maximum Gasteiger partial charge on any atom is 0.352 e. The topological polar surface area (TPSA) is 53.1 Å². The second kappa shape index (κ2) is 3.77. The number of nitrogens with one attached hydrogen (secondary N) is 1. The number of carboxylic acids is 1. The molecule has 3 nitrogen and oxygen atoms in total. The Morgan fingerprint density at radius 1 is 1.19 bits per heavy atom. The van der Waals surface area contributed by atoms with E-state index in [0.29, 0.717) is 6.07 Å². The van der Waals surface area contributed by atoms with Crippen LogP contribution >= 0.6 is 0 Å². The number of aromatic nitrogens is 1. The van der Waals surface area contributed by atoms with Gasteiger partial charge in [0.1, 0.15) is 17.3 Å². The third kappa shape index (κ3) is 1.67. The summed E-state index contributed by atoms with van der Waals surface area (Å²) in [5.74, 6) is -2.68. The standard InChI is InChI=1S/C11H7F2NO2/c12-6-1-2-7(9(13)5-6)8-3-4-14-10(8)11(15)16/h1-5,14H,(H,15,16). The lowest BCUT2D eigenvalue weighted by atomic mass is 10.1. The van der Waals surface area contributed by atoms with Crippen LogP contribution in [0.25, 0.3) is 11.1 Å². The van der Waals surface area contributed by atoms with Crippen LogP contribution in [-0.4, -0.2) is 16.1 Å². The first-order valence-electron chi connectivity index (χ1n) is 4.45. The van der Waals surface area contributed by atoms with Crippen molar-refractivity contribution in [2.45, 2.75) is 0 Å². The molecule has 5 heteroatoms. The zero-order valence-electron chi connectivity index (χ0n) is 8.00. The van der Waals surface area contributed by atoms with Crippen molar-refractivity contribution >= 4 is 5.97 Å². The molecule has 0 saturated heterocycles. The minimum absolute atomic E-state index is 0.0556. The van der Waals surface area contributed by atoms with Crippen LogP contribution in [0.2, 0.25) is 0 Å². The third-order valence-corrected chi connectivity index (χ3v) is 2.18. The highest BCUT2D eigenvalue weighted by Gasteiger charge is 2.15. The molecule has 2 N–H and O–H groups in total. The Hall–Kier alpha value is -2.17. The van der Waals surface area contributed by atoms with E-state index in [-0.39, 0.29) is 16.8 Å². The summed E-state index contributed by atoms with van der Waals surface area (Å²) >= 11 is 0. The first-order chi connectivity index (χ1) is 7.59. The smallest absolute Gasteiger partial charge is 0.352 e. The van der Waals surface area contributed by atoms with Gasteiger partial charge in [0.25, 0.3) is 0 Å². The Balaban J connectivity index is 2.59. The van der Waals surface area contributed by atoms with E-state index >= 15 is 0 Å². The summed E-state index contributed by atoms with van der Waals surface area (Å²) in [5, 5.41) is 8.83. The molecule has 0 bridgehead atoms. The van der Waals surface area contributed by atoms with E-state index in [1.165, 1.54) is 18.3 Å². The van der Waals surface area contributed by atoms with Crippen LogP contribution in [-0.2, 0) is 0 Å². The van der Waals surface area contributed by atoms with E-state index < -0.39 is 17.6 Å².